The molecule has 0 fully saturated rings. The summed E-state index contributed by atoms with van der Waals surface area (Å²) in [6.07, 6.45) is 3.03. The normalized spacial score (nSPS) is 13.9. The first-order valence-electron chi connectivity index (χ1n) is 5.77. The van der Waals surface area contributed by atoms with Gasteiger partial charge in [-0.15, -0.1) is 0 Å². The maximum absolute atomic E-state index is 11.6. The molecule has 0 saturated heterocycles. The van der Waals surface area contributed by atoms with Crippen LogP contribution in [0.15, 0.2) is 12.5 Å². The second-order valence-corrected chi connectivity index (χ2v) is 4.07. The van der Waals surface area contributed by atoms with E-state index in [4.69, 9.17) is 5.73 Å². The van der Waals surface area contributed by atoms with Crippen molar-refractivity contribution in [2.45, 2.75) is 38.3 Å². The molecule has 0 bridgehead atoms. The highest BCUT2D eigenvalue weighted by atomic mass is 16.3. The number of imidazole rings is 1. The van der Waals surface area contributed by atoms with Crippen molar-refractivity contribution in [3.05, 3.63) is 18.2 Å². The van der Waals surface area contributed by atoms with Gasteiger partial charge >= 0.3 is 0 Å². The second-order valence-electron chi connectivity index (χ2n) is 4.07. The maximum Gasteiger partial charge on any atom is 0.240 e. The molecule has 2 amide bonds. The van der Waals surface area contributed by atoms with Crippen LogP contribution in [0.25, 0.3) is 0 Å². The second kappa shape index (κ2) is 6.75. The number of aliphatic hydroxyl groups is 1. The molecule has 1 aromatic rings. The Hall–Kier alpha value is -1.89. The van der Waals surface area contributed by atoms with E-state index in [1.165, 1.54) is 6.33 Å². The molecule has 1 aromatic heterocycles. The zero-order chi connectivity index (χ0) is 13.5. The predicted octanol–water partition coefficient (Wildman–Crippen LogP) is -0.917. The van der Waals surface area contributed by atoms with Gasteiger partial charge < -0.3 is 21.1 Å². The molecular formula is C11H18N4O3. The van der Waals surface area contributed by atoms with Crippen molar-refractivity contribution < 1.29 is 14.7 Å². The number of carbonyl (C=O) groups is 2. The van der Waals surface area contributed by atoms with Gasteiger partial charge in [0.15, 0.2) is 0 Å². The Labute approximate surface area is 105 Å². The summed E-state index contributed by atoms with van der Waals surface area (Å²) in [7, 11) is 0. The zero-order valence-electron chi connectivity index (χ0n) is 10.2. The average molecular weight is 254 g/mol. The van der Waals surface area contributed by atoms with Crippen LogP contribution in [-0.2, 0) is 16.0 Å². The van der Waals surface area contributed by atoms with Crippen molar-refractivity contribution in [2.75, 3.05) is 0 Å². The Morgan fingerprint density at radius 3 is 2.83 bits per heavy atom. The molecule has 0 unspecified atom stereocenters. The summed E-state index contributed by atoms with van der Waals surface area (Å²) in [5.74, 6) is -1.02. The number of hydrogen-bond acceptors (Lipinski definition) is 4. The summed E-state index contributed by atoms with van der Waals surface area (Å²) in [5.41, 5.74) is 5.92. The fourth-order valence-corrected chi connectivity index (χ4v) is 1.45. The number of H-pyrrole nitrogens is 1. The van der Waals surface area contributed by atoms with Gasteiger partial charge in [-0.25, -0.2) is 4.98 Å². The molecule has 0 aliphatic rings. The fourth-order valence-electron chi connectivity index (χ4n) is 1.45. The Kier molecular flexibility index (Phi) is 5.31. The van der Waals surface area contributed by atoms with Crippen molar-refractivity contribution in [2.24, 2.45) is 5.73 Å². The lowest BCUT2D eigenvalue weighted by Gasteiger charge is -2.15. The average Bonchev–Trinajstić information content (AvgIpc) is 2.80. The van der Waals surface area contributed by atoms with Crippen LogP contribution in [0.4, 0.5) is 0 Å². The van der Waals surface area contributed by atoms with Gasteiger partial charge in [-0.3, -0.25) is 9.59 Å². The molecular weight excluding hydrogens is 236 g/mol. The summed E-state index contributed by atoms with van der Waals surface area (Å²) in [6.45, 7) is 1.77. The minimum absolute atomic E-state index is 0.0384. The third-order valence-corrected chi connectivity index (χ3v) is 2.55. The molecule has 18 heavy (non-hydrogen) atoms. The van der Waals surface area contributed by atoms with E-state index in [-0.39, 0.29) is 12.8 Å². The summed E-state index contributed by atoms with van der Waals surface area (Å²) in [5, 5.41) is 11.8. The van der Waals surface area contributed by atoms with Crippen LogP contribution in [0.1, 0.15) is 25.5 Å². The van der Waals surface area contributed by atoms with Crippen molar-refractivity contribution in [1.29, 1.82) is 0 Å². The number of nitrogens with zero attached hydrogens (tertiary/aromatic N) is 1. The monoisotopic (exact) mass is 254 g/mol. The number of aliphatic hydroxyl groups excluding tert-OH is 1. The number of carbonyl (C=O) groups excluding carboxylic acids is 2. The molecule has 1 rings (SSSR count). The van der Waals surface area contributed by atoms with Crippen LogP contribution in [0.2, 0.25) is 0 Å². The standard InChI is InChI=1S/C11H18N4O3/c1-2-8(16)4-10(17)15-9(11(12)18)3-7-5-13-6-14-7/h5-6,8-9,16H,2-4H2,1H3,(H2,12,18)(H,13,14)(H,15,17)/t8-,9-/m0/s1. The van der Waals surface area contributed by atoms with E-state index >= 15 is 0 Å². The Bertz CT molecular complexity index is 391. The minimum Gasteiger partial charge on any atom is -0.393 e. The number of aromatic amines is 1. The summed E-state index contributed by atoms with van der Waals surface area (Å²) < 4.78 is 0. The summed E-state index contributed by atoms with van der Waals surface area (Å²) in [6, 6.07) is -0.804. The van der Waals surface area contributed by atoms with Crippen molar-refractivity contribution in [3.8, 4) is 0 Å². The molecule has 0 saturated carbocycles. The van der Waals surface area contributed by atoms with Gasteiger partial charge in [0.2, 0.25) is 11.8 Å². The number of amides is 2. The number of hydrogen-bond donors (Lipinski definition) is 4. The van der Waals surface area contributed by atoms with Crippen molar-refractivity contribution in [1.82, 2.24) is 15.3 Å². The van der Waals surface area contributed by atoms with E-state index in [9.17, 15) is 14.7 Å². The highest BCUT2D eigenvalue weighted by molar-refractivity contribution is 5.86. The first-order chi connectivity index (χ1) is 8.52. The lowest BCUT2D eigenvalue weighted by molar-refractivity contribution is -0.128. The summed E-state index contributed by atoms with van der Waals surface area (Å²) >= 11 is 0. The number of nitrogens with two attached hydrogens (primary N) is 1. The number of rotatable bonds is 7. The molecule has 1 heterocycles. The first-order valence-corrected chi connectivity index (χ1v) is 5.77. The van der Waals surface area contributed by atoms with E-state index in [0.717, 1.165) is 0 Å². The molecule has 5 N–H and O–H groups in total. The van der Waals surface area contributed by atoms with Crippen LogP contribution >= 0.6 is 0 Å². The van der Waals surface area contributed by atoms with E-state index in [0.29, 0.717) is 12.1 Å². The lowest BCUT2D eigenvalue weighted by Crippen LogP contribution is -2.46. The molecule has 7 nitrogen and oxygen atoms in total. The topological polar surface area (TPSA) is 121 Å². The molecule has 0 spiro atoms. The van der Waals surface area contributed by atoms with Gasteiger partial charge in [0.05, 0.1) is 18.9 Å². The fraction of sp³-hybridized carbons (Fsp3) is 0.545. The molecule has 0 aliphatic carbocycles. The molecule has 0 radical (unpaired) electrons. The lowest BCUT2D eigenvalue weighted by atomic mass is 10.1. The smallest absolute Gasteiger partial charge is 0.240 e. The highest BCUT2D eigenvalue weighted by Crippen LogP contribution is 2.01. The van der Waals surface area contributed by atoms with E-state index in [1.807, 2.05) is 0 Å². The van der Waals surface area contributed by atoms with Crippen molar-refractivity contribution >= 4 is 11.8 Å². The molecule has 2 atom stereocenters. The predicted molar refractivity (Wildman–Crippen MR) is 64.3 cm³/mol. The van der Waals surface area contributed by atoms with Crippen molar-refractivity contribution in [3.63, 3.8) is 0 Å². The van der Waals surface area contributed by atoms with Gasteiger partial charge in [0.25, 0.3) is 0 Å². The van der Waals surface area contributed by atoms with Gasteiger partial charge in [0.1, 0.15) is 6.04 Å². The van der Waals surface area contributed by atoms with E-state index in [1.54, 1.807) is 13.1 Å². The minimum atomic E-state index is -0.804. The first kappa shape index (κ1) is 14.2. The zero-order valence-corrected chi connectivity index (χ0v) is 10.2. The van der Waals surface area contributed by atoms with E-state index in [2.05, 4.69) is 15.3 Å². The van der Waals surface area contributed by atoms with Crippen LogP contribution in [0.5, 0.6) is 0 Å². The Morgan fingerprint density at radius 2 is 2.33 bits per heavy atom. The van der Waals surface area contributed by atoms with Crippen LogP contribution in [0.3, 0.4) is 0 Å². The largest absolute Gasteiger partial charge is 0.393 e. The number of aromatic nitrogens is 2. The van der Waals surface area contributed by atoms with Crippen LogP contribution in [0, 0.1) is 0 Å². The molecule has 7 heteroatoms. The molecule has 100 valence electrons. The third kappa shape index (κ3) is 4.54. The maximum atomic E-state index is 11.6. The Balaban J connectivity index is 2.53. The number of nitrogens with one attached hydrogen (secondary N) is 2. The van der Waals surface area contributed by atoms with E-state index < -0.39 is 24.0 Å². The van der Waals surface area contributed by atoms with Gasteiger partial charge in [-0.05, 0) is 6.42 Å². The van der Waals surface area contributed by atoms with Crippen LogP contribution in [-0.4, -0.2) is 39.0 Å². The van der Waals surface area contributed by atoms with Crippen LogP contribution < -0.4 is 11.1 Å². The van der Waals surface area contributed by atoms with Gasteiger partial charge in [0, 0.05) is 18.3 Å². The Morgan fingerprint density at radius 1 is 1.61 bits per heavy atom. The SMILES string of the molecule is CC[C@H](O)CC(=O)N[C@@H](Cc1cnc[nH]1)C(N)=O. The molecule has 0 aromatic carbocycles. The van der Waals surface area contributed by atoms with Gasteiger partial charge in [-0.2, -0.15) is 0 Å². The third-order valence-electron chi connectivity index (χ3n) is 2.55. The highest BCUT2D eigenvalue weighted by Gasteiger charge is 2.20. The molecule has 0 aliphatic heterocycles. The van der Waals surface area contributed by atoms with Gasteiger partial charge in [-0.1, -0.05) is 6.92 Å². The summed E-state index contributed by atoms with van der Waals surface area (Å²) in [4.78, 5) is 29.4. The number of primary amides is 1. The quantitative estimate of drug-likeness (QED) is 0.503.